The van der Waals surface area contributed by atoms with E-state index in [1.54, 1.807) is 6.20 Å². The zero-order valence-electron chi connectivity index (χ0n) is 23.9. The van der Waals surface area contributed by atoms with Crippen LogP contribution in [-0.2, 0) is 16.8 Å². The Kier molecular flexibility index (Phi) is 9.48. The van der Waals surface area contributed by atoms with Gasteiger partial charge in [0.2, 0.25) is 5.91 Å². The minimum atomic E-state index is -0.651. The maximum absolute atomic E-state index is 12.5. The number of likely N-dealkylation sites (tertiary alicyclic amines) is 1. The van der Waals surface area contributed by atoms with E-state index >= 15 is 0 Å². The number of piperidine rings is 1. The molecule has 2 heterocycles. The SMILES string of the molecule is C=N/C=C(Br)\C(=N/CNc1ccc(C2CCN(CC(C)(C)O)CC2)cc1)NCc1cccc2c1C(C)(C)C(=O)N2. The Hall–Kier alpha value is -3.01. The van der Waals surface area contributed by atoms with Gasteiger partial charge in [0.1, 0.15) is 12.5 Å². The van der Waals surface area contributed by atoms with E-state index in [4.69, 9.17) is 4.99 Å². The van der Waals surface area contributed by atoms with Crippen molar-refractivity contribution in [3.63, 3.8) is 0 Å². The number of aliphatic imine (C=N–C) groups is 2. The topological polar surface area (TPSA) is 101 Å². The van der Waals surface area contributed by atoms with Gasteiger partial charge in [-0.25, -0.2) is 4.99 Å². The van der Waals surface area contributed by atoms with Gasteiger partial charge in [-0.05, 0) is 117 Å². The number of carbonyl (C=O) groups is 1. The fourth-order valence-corrected chi connectivity index (χ4v) is 5.98. The van der Waals surface area contributed by atoms with E-state index in [0.29, 0.717) is 29.4 Å². The van der Waals surface area contributed by atoms with E-state index in [2.05, 4.69) is 72.8 Å². The maximum Gasteiger partial charge on any atom is 0.234 e. The van der Waals surface area contributed by atoms with Gasteiger partial charge in [0.05, 0.1) is 15.5 Å². The second kappa shape index (κ2) is 12.7. The molecule has 0 aliphatic carbocycles. The van der Waals surface area contributed by atoms with Crippen LogP contribution in [-0.4, -0.2) is 60.4 Å². The number of fused-ring (bicyclic) bond motifs is 1. The molecule has 0 unspecified atom stereocenters. The molecule has 0 radical (unpaired) electrons. The summed E-state index contributed by atoms with van der Waals surface area (Å²) in [6.45, 7) is 14.8. The van der Waals surface area contributed by atoms with E-state index in [9.17, 15) is 9.90 Å². The lowest BCUT2D eigenvalue weighted by Gasteiger charge is -2.35. The van der Waals surface area contributed by atoms with Crippen molar-refractivity contribution in [2.24, 2.45) is 9.98 Å². The fourth-order valence-electron chi connectivity index (χ4n) is 5.57. The number of amidine groups is 1. The van der Waals surface area contributed by atoms with Gasteiger partial charge in [0, 0.05) is 30.7 Å². The summed E-state index contributed by atoms with van der Waals surface area (Å²) < 4.78 is 0.691. The third-order valence-electron chi connectivity index (χ3n) is 7.57. The Morgan fingerprint density at radius 1 is 1.23 bits per heavy atom. The average Bonchev–Trinajstić information content (AvgIpc) is 3.14. The van der Waals surface area contributed by atoms with Crippen molar-refractivity contribution in [2.75, 3.05) is 36.9 Å². The maximum atomic E-state index is 12.5. The molecule has 0 atom stereocenters. The third-order valence-corrected chi connectivity index (χ3v) is 8.15. The molecular formula is C31H41BrN6O2. The number of benzene rings is 2. The molecule has 4 rings (SSSR count). The molecule has 0 saturated carbocycles. The number of nitrogens with zero attached hydrogens (tertiary/aromatic N) is 3. The average molecular weight is 610 g/mol. The highest BCUT2D eigenvalue weighted by Gasteiger charge is 2.39. The number of hydrogen-bond donors (Lipinski definition) is 4. The molecule has 0 bridgehead atoms. The molecule has 214 valence electrons. The quantitative estimate of drug-likeness (QED) is 0.215. The van der Waals surface area contributed by atoms with Gasteiger partial charge < -0.3 is 26.0 Å². The van der Waals surface area contributed by atoms with Crippen LogP contribution in [0, 0.1) is 0 Å². The Labute approximate surface area is 246 Å². The molecule has 1 saturated heterocycles. The molecule has 8 nitrogen and oxygen atoms in total. The van der Waals surface area contributed by atoms with Gasteiger partial charge in [-0.1, -0.05) is 24.3 Å². The van der Waals surface area contributed by atoms with E-state index in [1.165, 1.54) is 5.56 Å². The Morgan fingerprint density at radius 2 is 1.93 bits per heavy atom. The summed E-state index contributed by atoms with van der Waals surface area (Å²) >= 11 is 3.56. The standard InChI is InChI=1S/C31H41BrN6O2/c1-30(2,40)19-38-15-13-22(14-16-38)21-9-11-24(12-10-21)35-20-36-28(25(32)18-33-5)34-17-23-7-6-8-26-27(23)31(3,4)29(39)37-26/h6-12,18,22,35,40H,5,13-17,19-20H2,1-4H3,(H,34,36)(H,37,39)/b25-18+. The predicted molar refractivity (Wildman–Crippen MR) is 169 cm³/mol. The molecule has 1 fully saturated rings. The number of anilines is 2. The second-order valence-corrected chi connectivity index (χ2v) is 12.6. The number of halogens is 1. The number of nitrogens with one attached hydrogen (secondary N) is 3. The highest BCUT2D eigenvalue weighted by atomic mass is 79.9. The van der Waals surface area contributed by atoms with Gasteiger partial charge in [-0.3, -0.25) is 9.79 Å². The van der Waals surface area contributed by atoms with E-state index in [1.807, 2.05) is 45.9 Å². The molecule has 4 N–H and O–H groups in total. The summed E-state index contributed by atoms with van der Waals surface area (Å²) in [6, 6.07) is 14.5. The Balaban J connectivity index is 1.36. The molecule has 0 aromatic heterocycles. The van der Waals surface area contributed by atoms with Gasteiger partial charge in [0.25, 0.3) is 0 Å². The number of hydrogen-bond acceptors (Lipinski definition) is 6. The summed E-state index contributed by atoms with van der Waals surface area (Å²) in [5.41, 5.74) is 4.02. The van der Waals surface area contributed by atoms with Crippen LogP contribution in [0.4, 0.5) is 11.4 Å². The van der Waals surface area contributed by atoms with Gasteiger partial charge in [0.15, 0.2) is 0 Å². The molecule has 40 heavy (non-hydrogen) atoms. The number of carbonyl (C=O) groups excluding carboxylic acids is 1. The van der Waals surface area contributed by atoms with Crippen LogP contribution in [0.25, 0.3) is 0 Å². The minimum Gasteiger partial charge on any atom is -0.389 e. The van der Waals surface area contributed by atoms with E-state index in [0.717, 1.165) is 55.0 Å². The molecule has 9 heteroatoms. The molecular weight excluding hydrogens is 568 g/mol. The number of amides is 1. The molecule has 2 aromatic carbocycles. The summed E-state index contributed by atoms with van der Waals surface area (Å²) in [5, 5.41) is 19.9. The summed E-state index contributed by atoms with van der Waals surface area (Å²) in [7, 11) is 0. The van der Waals surface area contributed by atoms with Crippen molar-refractivity contribution < 1.29 is 9.90 Å². The number of rotatable bonds is 10. The monoisotopic (exact) mass is 608 g/mol. The van der Waals surface area contributed by atoms with Crippen LogP contribution in [0.15, 0.2) is 63.1 Å². The third kappa shape index (κ3) is 7.38. The second-order valence-electron chi connectivity index (χ2n) is 11.8. The van der Waals surface area contributed by atoms with Crippen LogP contribution in [0.2, 0.25) is 0 Å². The fraction of sp³-hybridized carbons (Fsp3) is 0.452. The van der Waals surface area contributed by atoms with Crippen molar-refractivity contribution in [2.45, 2.75) is 64.0 Å². The Bertz CT molecular complexity index is 1270. The van der Waals surface area contributed by atoms with E-state index < -0.39 is 11.0 Å². The van der Waals surface area contributed by atoms with Crippen LogP contribution >= 0.6 is 15.9 Å². The van der Waals surface area contributed by atoms with Gasteiger partial charge >= 0.3 is 0 Å². The molecule has 0 spiro atoms. The van der Waals surface area contributed by atoms with Crippen LogP contribution in [0.3, 0.4) is 0 Å². The minimum absolute atomic E-state index is 0.00666. The van der Waals surface area contributed by atoms with Crippen molar-refractivity contribution in [3.05, 3.63) is 69.8 Å². The largest absolute Gasteiger partial charge is 0.389 e. The lowest BCUT2D eigenvalue weighted by molar-refractivity contribution is -0.119. The number of aliphatic hydroxyl groups is 1. The lowest BCUT2D eigenvalue weighted by atomic mass is 9.83. The summed E-state index contributed by atoms with van der Waals surface area (Å²) in [6.07, 6.45) is 3.82. The first-order valence-electron chi connectivity index (χ1n) is 13.8. The van der Waals surface area contributed by atoms with Crippen molar-refractivity contribution in [1.82, 2.24) is 10.2 Å². The first-order chi connectivity index (χ1) is 19.0. The molecule has 2 aliphatic rings. The summed E-state index contributed by atoms with van der Waals surface area (Å²) in [4.78, 5) is 23.4. The van der Waals surface area contributed by atoms with Crippen LogP contribution < -0.4 is 16.0 Å². The van der Waals surface area contributed by atoms with Crippen molar-refractivity contribution in [1.29, 1.82) is 0 Å². The normalized spacial score (nSPS) is 18.3. The van der Waals surface area contributed by atoms with Gasteiger partial charge in [-0.2, -0.15) is 0 Å². The molecule has 1 amide bonds. The van der Waals surface area contributed by atoms with Crippen LogP contribution in [0.1, 0.15) is 63.1 Å². The summed E-state index contributed by atoms with van der Waals surface area (Å²) in [5.74, 6) is 1.19. The highest BCUT2D eigenvalue weighted by molar-refractivity contribution is 9.12. The van der Waals surface area contributed by atoms with E-state index in [-0.39, 0.29) is 5.91 Å². The van der Waals surface area contributed by atoms with Crippen LogP contribution in [0.5, 0.6) is 0 Å². The molecule has 2 aliphatic heterocycles. The Morgan fingerprint density at radius 3 is 2.58 bits per heavy atom. The molecule has 2 aromatic rings. The van der Waals surface area contributed by atoms with Gasteiger partial charge in [-0.15, -0.1) is 0 Å². The predicted octanol–water partition coefficient (Wildman–Crippen LogP) is 5.36. The highest BCUT2D eigenvalue weighted by Crippen LogP contribution is 2.39. The zero-order valence-corrected chi connectivity index (χ0v) is 25.5. The smallest absolute Gasteiger partial charge is 0.234 e. The van der Waals surface area contributed by atoms with Crippen molar-refractivity contribution in [3.8, 4) is 0 Å². The first kappa shape index (κ1) is 30.0. The zero-order chi connectivity index (χ0) is 28.9. The number of β-amino-alcohol motifs (C(OH)–C–C–N with tert-alkyl or cyclic N) is 1. The lowest BCUT2D eigenvalue weighted by Crippen LogP contribution is -2.42. The first-order valence-corrected chi connectivity index (χ1v) is 14.6. The van der Waals surface area contributed by atoms with Crippen molar-refractivity contribution >= 4 is 45.8 Å².